The van der Waals surface area contributed by atoms with Crippen LogP contribution in [0.15, 0.2) is 89.8 Å². The second-order valence-corrected chi connectivity index (χ2v) is 16.9. The lowest BCUT2D eigenvalue weighted by atomic mass is 9.97. The minimum Gasteiger partial charge on any atom is -0.293 e. The topological polar surface area (TPSA) is 122 Å². The van der Waals surface area contributed by atoms with Crippen molar-refractivity contribution in [2.24, 2.45) is 0 Å². The lowest BCUT2D eigenvalue weighted by molar-refractivity contribution is 0.0641. The molecule has 1 fully saturated rings. The number of anilines is 1. The molecule has 0 bridgehead atoms. The van der Waals surface area contributed by atoms with Crippen LogP contribution < -0.4 is 4.90 Å². The second kappa shape index (κ2) is 13.2. The van der Waals surface area contributed by atoms with E-state index < -0.39 is 41.1 Å². The summed E-state index contributed by atoms with van der Waals surface area (Å²) < 4.78 is 0. The average Bonchev–Trinajstić information content (AvgIpc) is 3.95. The van der Waals surface area contributed by atoms with Gasteiger partial charge in [-0.2, -0.15) is 0 Å². The number of carbonyl (C=O) groups is 6. The van der Waals surface area contributed by atoms with Crippen molar-refractivity contribution in [3.63, 3.8) is 0 Å². The highest BCUT2D eigenvalue weighted by Crippen LogP contribution is 2.48. The highest BCUT2D eigenvalue weighted by molar-refractivity contribution is 8.00. The van der Waals surface area contributed by atoms with Crippen molar-refractivity contribution >= 4 is 97.5 Å². The molecule has 1 saturated carbocycles. The Morgan fingerprint density at radius 2 is 1.28 bits per heavy atom. The number of aromatic nitrogens is 1. The number of carbonyl (C=O) groups excluding carboxylic acids is 6. The van der Waals surface area contributed by atoms with E-state index in [1.807, 2.05) is 24.3 Å². The van der Waals surface area contributed by atoms with Gasteiger partial charge in [-0.05, 0) is 78.1 Å². The van der Waals surface area contributed by atoms with E-state index in [2.05, 4.69) is 0 Å². The molecule has 280 valence electrons. The van der Waals surface area contributed by atoms with Gasteiger partial charge < -0.3 is 0 Å². The van der Waals surface area contributed by atoms with Crippen LogP contribution in [-0.4, -0.2) is 50.3 Å². The van der Waals surface area contributed by atoms with E-state index in [0.29, 0.717) is 37.8 Å². The van der Waals surface area contributed by atoms with Gasteiger partial charge >= 0.3 is 0 Å². The van der Waals surface area contributed by atoms with Crippen molar-refractivity contribution in [1.29, 1.82) is 0 Å². The van der Waals surface area contributed by atoms with Crippen LogP contribution in [0.1, 0.15) is 111 Å². The van der Waals surface area contributed by atoms with Gasteiger partial charge in [0.15, 0.2) is 11.6 Å². The molecule has 0 saturated heterocycles. The van der Waals surface area contributed by atoms with E-state index in [-0.39, 0.29) is 55.7 Å². The largest absolute Gasteiger partial charge is 0.293 e. The first-order chi connectivity index (χ1) is 27.5. The van der Waals surface area contributed by atoms with Gasteiger partial charge in [0, 0.05) is 26.7 Å². The molecule has 4 aliphatic rings. The summed E-state index contributed by atoms with van der Waals surface area (Å²) in [7, 11) is 0. The molecule has 2 aliphatic heterocycles. The molecule has 0 unspecified atom stereocenters. The van der Waals surface area contributed by atoms with Gasteiger partial charge in [-0.25, -0.2) is 9.88 Å². The van der Waals surface area contributed by atoms with Gasteiger partial charge in [-0.1, -0.05) is 84.6 Å². The Labute approximate surface area is 339 Å². The molecular weight excluding hydrogens is 781 g/mol. The molecule has 1 aromatic heterocycles. The summed E-state index contributed by atoms with van der Waals surface area (Å²) in [5, 5.41) is 2.56. The Hall–Kier alpha value is -5.68. The third kappa shape index (κ3) is 5.27. The van der Waals surface area contributed by atoms with Crippen LogP contribution in [0.5, 0.6) is 0 Å². The first-order valence-electron chi connectivity index (χ1n) is 18.6. The van der Waals surface area contributed by atoms with Crippen molar-refractivity contribution in [3.05, 3.63) is 145 Å². The third-order valence-electron chi connectivity index (χ3n) is 11.6. The third-order valence-corrected chi connectivity index (χ3v) is 14.1. The predicted octanol–water partition coefficient (Wildman–Crippen LogP) is 9.80. The maximum Gasteiger partial charge on any atom is 0.267 e. The number of halogens is 2. The van der Waals surface area contributed by atoms with Crippen molar-refractivity contribution in [3.8, 4) is 0 Å². The Kier molecular flexibility index (Phi) is 8.27. The van der Waals surface area contributed by atoms with E-state index in [4.69, 9.17) is 28.2 Å². The minimum absolute atomic E-state index is 0.00823. The molecular formula is C45H29Cl2N3O6S. The lowest BCUT2D eigenvalue weighted by Crippen LogP contribution is -2.31. The fourth-order valence-electron chi connectivity index (χ4n) is 8.76. The van der Waals surface area contributed by atoms with Gasteiger partial charge in [0.2, 0.25) is 0 Å². The maximum atomic E-state index is 14.6. The van der Waals surface area contributed by atoms with Gasteiger partial charge in [-0.15, -0.1) is 11.8 Å². The monoisotopic (exact) mass is 809 g/mol. The predicted molar refractivity (Wildman–Crippen MR) is 218 cm³/mol. The van der Waals surface area contributed by atoms with Crippen LogP contribution in [0.2, 0.25) is 10.0 Å². The molecule has 57 heavy (non-hydrogen) atoms. The number of fused-ring (bicyclic) bond motifs is 5. The summed E-state index contributed by atoms with van der Waals surface area (Å²) in [6.45, 7) is 1.62. The van der Waals surface area contributed by atoms with Crippen molar-refractivity contribution in [1.82, 2.24) is 9.88 Å². The molecule has 6 aromatic rings. The highest BCUT2D eigenvalue weighted by atomic mass is 35.5. The van der Waals surface area contributed by atoms with Gasteiger partial charge in [0.05, 0.1) is 55.7 Å². The normalized spacial score (nSPS) is 16.9. The number of benzene rings is 5. The smallest absolute Gasteiger partial charge is 0.267 e. The van der Waals surface area contributed by atoms with Crippen LogP contribution in [0.4, 0.5) is 5.69 Å². The number of pyridine rings is 1. The molecule has 0 spiro atoms. The summed E-state index contributed by atoms with van der Waals surface area (Å²) >= 11 is 15.3. The van der Waals surface area contributed by atoms with Gasteiger partial charge in [0.1, 0.15) is 5.92 Å². The number of thioether (sulfide) groups is 1. The second-order valence-electron chi connectivity index (χ2n) is 14.8. The van der Waals surface area contributed by atoms with Crippen LogP contribution in [0.3, 0.4) is 0 Å². The van der Waals surface area contributed by atoms with Crippen LogP contribution >= 0.6 is 35.0 Å². The Bertz CT molecular complexity index is 2810. The Morgan fingerprint density at radius 3 is 1.91 bits per heavy atom. The zero-order valence-electron chi connectivity index (χ0n) is 30.2. The SMILES string of the molecule is Cc1c(SC2CCCC2)c(Cl)c(Cl)c2c1C(=O)N(c1ccc(CN3C(=O)c4ccccc4C3=O)c3ccc(C4C(=O)c5cc6ccccc6cc5C4=O)nc13)C2=O. The molecule has 0 atom stereocenters. The molecule has 0 radical (unpaired) electrons. The quantitative estimate of drug-likeness (QED) is 0.120. The van der Waals surface area contributed by atoms with E-state index in [9.17, 15) is 28.8 Å². The molecule has 9 nitrogen and oxygen atoms in total. The summed E-state index contributed by atoms with van der Waals surface area (Å²) in [5.41, 5.74) is 2.68. The summed E-state index contributed by atoms with van der Waals surface area (Å²) in [6.07, 6.45) is 4.22. The van der Waals surface area contributed by atoms with Crippen LogP contribution in [0, 0.1) is 6.92 Å². The first kappa shape index (κ1) is 35.7. The number of ketones is 2. The van der Waals surface area contributed by atoms with Crippen LogP contribution in [0.25, 0.3) is 21.7 Å². The van der Waals surface area contributed by atoms with Crippen molar-refractivity contribution < 1.29 is 28.8 Å². The van der Waals surface area contributed by atoms with E-state index in [1.54, 1.807) is 73.3 Å². The number of amides is 4. The summed E-state index contributed by atoms with van der Waals surface area (Å²) in [6, 6.07) is 23.9. The highest BCUT2D eigenvalue weighted by Gasteiger charge is 2.45. The van der Waals surface area contributed by atoms with E-state index in [0.717, 1.165) is 46.3 Å². The molecule has 5 aromatic carbocycles. The van der Waals surface area contributed by atoms with Crippen molar-refractivity contribution in [2.75, 3.05) is 4.90 Å². The number of nitrogens with zero attached hydrogens (tertiary/aromatic N) is 3. The summed E-state index contributed by atoms with van der Waals surface area (Å²) in [4.78, 5) is 91.7. The fraction of sp³-hybridized carbons (Fsp3) is 0.178. The van der Waals surface area contributed by atoms with Gasteiger partial charge in [0.25, 0.3) is 23.6 Å². The molecule has 3 heterocycles. The summed E-state index contributed by atoms with van der Waals surface area (Å²) in [5.74, 6) is -4.34. The fourth-order valence-corrected chi connectivity index (χ4v) is 10.8. The Balaban J connectivity index is 1.11. The number of imide groups is 2. The van der Waals surface area contributed by atoms with Gasteiger partial charge in [-0.3, -0.25) is 33.7 Å². The number of hydrogen-bond acceptors (Lipinski definition) is 8. The number of rotatable bonds is 6. The standard InChI is InChI=1S/C45H29Cl2N3O6S/c1-21-33-35(36(46)37(47)41(21)57-25-10-4-5-11-25)45(56)50(44(33)55)32-17-14-24(20-49-42(53)27-12-6-7-13-28(27)43(49)54)26-15-16-31(48-38(26)32)34-39(51)29-18-22-8-2-3-9-23(22)19-30(29)40(34)52/h2-3,6-9,12-19,25,34H,4-5,10-11,20H2,1H3. The molecule has 2 aliphatic carbocycles. The maximum absolute atomic E-state index is 14.6. The number of hydrogen-bond donors (Lipinski definition) is 0. The molecule has 4 amide bonds. The molecule has 12 heteroatoms. The average molecular weight is 811 g/mol. The molecule has 0 N–H and O–H groups in total. The van der Waals surface area contributed by atoms with Crippen molar-refractivity contribution in [2.45, 2.75) is 55.2 Å². The van der Waals surface area contributed by atoms with E-state index >= 15 is 0 Å². The van der Waals surface area contributed by atoms with E-state index in [1.165, 1.54) is 6.07 Å². The zero-order chi connectivity index (χ0) is 39.4. The first-order valence-corrected chi connectivity index (χ1v) is 20.2. The lowest BCUT2D eigenvalue weighted by Gasteiger charge is -2.21. The molecule has 10 rings (SSSR count). The van der Waals surface area contributed by atoms with Crippen LogP contribution in [-0.2, 0) is 6.54 Å². The Morgan fingerprint density at radius 1 is 0.684 bits per heavy atom. The minimum atomic E-state index is -1.28. The zero-order valence-corrected chi connectivity index (χ0v) is 32.6. The number of Topliss-reactive ketones (excluding diaryl/α,β-unsaturated/α-hetero) is 2.